The quantitative estimate of drug-likeness (QED) is 0.910. The number of hydrogen-bond donors (Lipinski definition) is 2. The number of halogens is 1. The van der Waals surface area contributed by atoms with Gasteiger partial charge in [-0.15, -0.1) is 0 Å². The molecule has 0 unspecified atom stereocenters. The number of nitrogens with zero attached hydrogens (tertiary/aromatic N) is 1. The molecule has 0 aliphatic carbocycles. The molecule has 2 aromatic rings. The van der Waals surface area contributed by atoms with E-state index < -0.39 is 5.82 Å². The number of carbonyl (C=O) groups is 1. The second-order valence-corrected chi connectivity index (χ2v) is 4.60. The van der Waals surface area contributed by atoms with Crippen LogP contribution in [0.3, 0.4) is 0 Å². The van der Waals surface area contributed by atoms with Crippen molar-refractivity contribution in [1.82, 2.24) is 5.32 Å². The standard InChI is InChI=1S/C16H13FN2O2/c1-10-6-12(4-5-15(10)20)16(21)19-9-13-3-2-11(8-18)7-14(13)17/h2-7,20H,9H2,1H3,(H,19,21). The van der Waals surface area contributed by atoms with Gasteiger partial charge < -0.3 is 10.4 Å². The zero-order chi connectivity index (χ0) is 15.4. The van der Waals surface area contributed by atoms with Gasteiger partial charge in [0, 0.05) is 17.7 Å². The highest BCUT2D eigenvalue weighted by Crippen LogP contribution is 2.17. The zero-order valence-corrected chi connectivity index (χ0v) is 11.4. The van der Waals surface area contributed by atoms with E-state index in [1.165, 1.54) is 24.3 Å². The van der Waals surface area contributed by atoms with E-state index in [1.54, 1.807) is 13.0 Å². The predicted molar refractivity (Wildman–Crippen MR) is 75.1 cm³/mol. The molecule has 5 heteroatoms. The molecule has 4 nitrogen and oxygen atoms in total. The first-order valence-corrected chi connectivity index (χ1v) is 6.27. The van der Waals surface area contributed by atoms with Crippen LogP contribution in [-0.4, -0.2) is 11.0 Å². The molecule has 0 radical (unpaired) electrons. The Labute approximate surface area is 121 Å². The Hall–Kier alpha value is -2.87. The van der Waals surface area contributed by atoms with Gasteiger partial charge in [-0.1, -0.05) is 6.07 Å². The lowest BCUT2D eigenvalue weighted by Crippen LogP contribution is -2.23. The van der Waals surface area contributed by atoms with Crippen molar-refractivity contribution in [1.29, 1.82) is 5.26 Å². The Bertz CT molecular complexity index is 736. The Balaban J connectivity index is 2.07. The first kappa shape index (κ1) is 14.5. The van der Waals surface area contributed by atoms with Crippen molar-refractivity contribution in [3.63, 3.8) is 0 Å². The van der Waals surface area contributed by atoms with Gasteiger partial charge in [0.05, 0.1) is 11.6 Å². The average Bonchev–Trinajstić information content (AvgIpc) is 2.48. The lowest BCUT2D eigenvalue weighted by atomic mass is 10.1. The molecule has 0 aliphatic heterocycles. The molecule has 21 heavy (non-hydrogen) atoms. The van der Waals surface area contributed by atoms with Gasteiger partial charge in [-0.25, -0.2) is 4.39 Å². The third-order valence-corrected chi connectivity index (χ3v) is 3.08. The summed E-state index contributed by atoms with van der Waals surface area (Å²) in [4.78, 5) is 11.9. The number of aryl methyl sites for hydroxylation is 1. The summed E-state index contributed by atoms with van der Waals surface area (Å²) in [5.74, 6) is -0.775. The molecule has 2 rings (SSSR count). The number of nitriles is 1. The summed E-state index contributed by atoms with van der Waals surface area (Å²) >= 11 is 0. The highest BCUT2D eigenvalue weighted by Gasteiger charge is 2.09. The van der Waals surface area contributed by atoms with Crippen LogP contribution in [0.2, 0.25) is 0 Å². The first-order chi connectivity index (χ1) is 10.0. The van der Waals surface area contributed by atoms with Crippen molar-refractivity contribution in [2.24, 2.45) is 0 Å². The molecule has 106 valence electrons. The minimum absolute atomic E-state index is 0.0241. The van der Waals surface area contributed by atoms with E-state index in [0.717, 1.165) is 6.07 Å². The number of phenols is 1. The Morgan fingerprint density at radius 1 is 1.33 bits per heavy atom. The summed E-state index contributed by atoms with van der Waals surface area (Å²) < 4.78 is 13.7. The maximum atomic E-state index is 13.7. The lowest BCUT2D eigenvalue weighted by Gasteiger charge is -2.08. The molecular weight excluding hydrogens is 271 g/mol. The van der Waals surface area contributed by atoms with Gasteiger partial charge in [0.25, 0.3) is 5.91 Å². The van der Waals surface area contributed by atoms with E-state index in [-0.39, 0.29) is 23.8 Å². The fraction of sp³-hybridized carbons (Fsp3) is 0.125. The van der Waals surface area contributed by atoms with Crippen molar-refractivity contribution in [3.8, 4) is 11.8 Å². The summed E-state index contributed by atoms with van der Waals surface area (Å²) in [5.41, 5.74) is 1.51. The summed E-state index contributed by atoms with van der Waals surface area (Å²) in [6, 6.07) is 10.4. The van der Waals surface area contributed by atoms with E-state index in [0.29, 0.717) is 16.7 Å². The summed E-state index contributed by atoms with van der Waals surface area (Å²) in [6.45, 7) is 1.71. The van der Waals surface area contributed by atoms with Gasteiger partial charge in [-0.3, -0.25) is 4.79 Å². The number of aromatic hydroxyl groups is 1. The van der Waals surface area contributed by atoms with Crippen LogP contribution < -0.4 is 5.32 Å². The molecule has 0 fully saturated rings. The summed E-state index contributed by atoms with van der Waals surface area (Å²) in [6.07, 6.45) is 0. The maximum Gasteiger partial charge on any atom is 0.251 e. The lowest BCUT2D eigenvalue weighted by molar-refractivity contribution is 0.0950. The van der Waals surface area contributed by atoms with E-state index in [9.17, 15) is 14.3 Å². The number of rotatable bonds is 3. The molecule has 2 N–H and O–H groups in total. The second-order valence-electron chi connectivity index (χ2n) is 4.60. The number of amides is 1. The fourth-order valence-corrected chi connectivity index (χ4v) is 1.83. The van der Waals surface area contributed by atoms with E-state index in [2.05, 4.69) is 5.32 Å². The average molecular weight is 284 g/mol. The normalized spacial score (nSPS) is 9.95. The highest BCUT2D eigenvalue weighted by molar-refractivity contribution is 5.94. The van der Waals surface area contributed by atoms with Gasteiger partial charge in [-0.2, -0.15) is 5.26 Å². The van der Waals surface area contributed by atoms with Crippen molar-refractivity contribution < 1.29 is 14.3 Å². The molecule has 0 heterocycles. The molecule has 1 amide bonds. The Morgan fingerprint density at radius 3 is 2.71 bits per heavy atom. The van der Waals surface area contributed by atoms with Crippen LogP contribution in [0, 0.1) is 24.1 Å². The molecule has 0 saturated carbocycles. The predicted octanol–water partition coefficient (Wildman–Crippen LogP) is 2.64. The number of carbonyl (C=O) groups excluding carboxylic acids is 1. The fourth-order valence-electron chi connectivity index (χ4n) is 1.83. The molecule has 0 spiro atoms. The molecule has 0 aromatic heterocycles. The Kier molecular flexibility index (Phi) is 4.19. The molecule has 0 saturated heterocycles. The van der Waals surface area contributed by atoms with E-state index in [1.807, 2.05) is 6.07 Å². The van der Waals surface area contributed by atoms with Crippen LogP contribution in [0.1, 0.15) is 27.0 Å². The second kappa shape index (κ2) is 6.06. The molecule has 0 aliphatic rings. The molecule has 0 bridgehead atoms. The molecular formula is C16H13FN2O2. The van der Waals surface area contributed by atoms with Crippen molar-refractivity contribution in [3.05, 3.63) is 64.5 Å². The van der Waals surface area contributed by atoms with Crippen molar-refractivity contribution >= 4 is 5.91 Å². The van der Waals surface area contributed by atoms with Gasteiger partial charge in [0.2, 0.25) is 0 Å². The number of phenolic OH excluding ortho intramolecular Hbond substituents is 1. The third kappa shape index (κ3) is 3.37. The maximum absolute atomic E-state index is 13.7. The van der Waals surface area contributed by atoms with Crippen LogP contribution in [0.4, 0.5) is 4.39 Å². The monoisotopic (exact) mass is 284 g/mol. The minimum Gasteiger partial charge on any atom is -0.508 e. The van der Waals surface area contributed by atoms with Gasteiger partial charge in [0.1, 0.15) is 11.6 Å². The molecule has 2 aromatic carbocycles. The topological polar surface area (TPSA) is 73.1 Å². The third-order valence-electron chi connectivity index (χ3n) is 3.08. The number of hydrogen-bond acceptors (Lipinski definition) is 3. The van der Waals surface area contributed by atoms with Gasteiger partial charge in [0.15, 0.2) is 0 Å². The molecule has 0 atom stereocenters. The number of benzene rings is 2. The zero-order valence-electron chi connectivity index (χ0n) is 11.4. The SMILES string of the molecule is Cc1cc(C(=O)NCc2ccc(C#N)cc2F)ccc1O. The van der Waals surface area contributed by atoms with E-state index >= 15 is 0 Å². The van der Waals surface area contributed by atoms with Gasteiger partial charge in [-0.05, 0) is 42.8 Å². The van der Waals surface area contributed by atoms with Crippen LogP contribution >= 0.6 is 0 Å². The smallest absolute Gasteiger partial charge is 0.251 e. The summed E-state index contributed by atoms with van der Waals surface area (Å²) in [7, 11) is 0. The largest absolute Gasteiger partial charge is 0.508 e. The minimum atomic E-state index is -0.531. The van der Waals surface area contributed by atoms with Crippen LogP contribution in [0.5, 0.6) is 5.75 Å². The van der Waals surface area contributed by atoms with Crippen molar-refractivity contribution in [2.75, 3.05) is 0 Å². The number of nitrogens with one attached hydrogen (secondary N) is 1. The van der Waals surface area contributed by atoms with Crippen LogP contribution in [0.25, 0.3) is 0 Å². The Morgan fingerprint density at radius 2 is 2.10 bits per heavy atom. The van der Waals surface area contributed by atoms with Gasteiger partial charge >= 0.3 is 0 Å². The van der Waals surface area contributed by atoms with Crippen LogP contribution in [-0.2, 0) is 6.54 Å². The van der Waals surface area contributed by atoms with Crippen molar-refractivity contribution in [2.45, 2.75) is 13.5 Å². The van der Waals surface area contributed by atoms with Crippen LogP contribution in [0.15, 0.2) is 36.4 Å². The first-order valence-electron chi connectivity index (χ1n) is 6.27. The summed E-state index contributed by atoms with van der Waals surface area (Å²) in [5, 5.41) is 20.7. The van der Waals surface area contributed by atoms with E-state index in [4.69, 9.17) is 5.26 Å². The highest BCUT2D eigenvalue weighted by atomic mass is 19.1.